The summed E-state index contributed by atoms with van der Waals surface area (Å²) in [5, 5.41) is 0. The zero-order valence-corrected chi connectivity index (χ0v) is 11.0. The number of ether oxygens (including phenoxy) is 1. The monoisotopic (exact) mass is 296 g/mol. The van der Waals surface area contributed by atoms with Crippen LogP contribution in [0.2, 0.25) is 0 Å². The maximum absolute atomic E-state index is 5.61. The summed E-state index contributed by atoms with van der Waals surface area (Å²) in [4.78, 5) is 4.17. The molecule has 0 aliphatic carbocycles. The van der Waals surface area contributed by atoms with Gasteiger partial charge in [0, 0.05) is 23.0 Å². The largest absolute Gasteiger partial charge is 0.497 e. The first-order valence-corrected chi connectivity index (χ1v) is 6.02. The summed E-state index contributed by atoms with van der Waals surface area (Å²) >= 11 is 3.48. The van der Waals surface area contributed by atoms with E-state index in [4.69, 9.17) is 14.9 Å². The van der Waals surface area contributed by atoms with Crippen molar-refractivity contribution < 1.29 is 9.15 Å². The molecule has 2 aromatic rings. The molecule has 5 heteroatoms. The summed E-state index contributed by atoms with van der Waals surface area (Å²) in [6.07, 6.45) is 2.34. The molecule has 1 aromatic heterocycles. The third kappa shape index (κ3) is 2.68. The molecule has 0 aliphatic rings. The molecule has 1 heterocycles. The van der Waals surface area contributed by atoms with E-state index in [1.54, 1.807) is 13.3 Å². The predicted molar refractivity (Wildman–Crippen MR) is 68.9 cm³/mol. The van der Waals surface area contributed by atoms with Crippen molar-refractivity contribution in [3.63, 3.8) is 0 Å². The molecule has 0 unspecified atom stereocenters. The molecular weight excluding hydrogens is 284 g/mol. The Kier molecular flexibility index (Phi) is 3.81. The van der Waals surface area contributed by atoms with E-state index in [-0.39, 0.29) is 0 Å². The van der Waals surface area contributed by atoms with Gasteiger partial charge in [0.25, 0.3) is 0 Å². The lowest BCUT2D eigenvalue weighted by molar-refractivity contribution is 0.414. The lowest BCUT2D eigenvalue weighted by Gasteiger charge is -2.04. The molecule has 2 N–H and O–H groups in total. The molecule has 0 radical (unpaired) electrons. The van der Waals surface area contributed by atoms with Gasteiger partial charge in [-0.2, -0.15) is 0 Å². The van der Waals surface area contributed by atoms with Crippen LogP contribution in [0.1, 0.15) is 5.89 Å². The highest BCUT2D eigenvalue weighted by Gasteiger charge is 2.10. The van der Waals surface area contributed by atoms with Crippen LogP contribution < -0.4 is 10.5 Å². The van der Waals surface area contributed by atoms with Crippen LogP contribution in [0, 0.1) is 0 Å². The molecule has 0 fully saturated rings. The smallest absolute Gasteiger partial charge is 0.196 e. The van der Waals surface area contributed by atoms with E-state index in [0.29, 0.717) is 24.6 Å². The fourth-order valence-electron chi connectivity index (χ4n) is 1.49. The fourth-order valence-corrected chi connectivity index (χ4v) is 1.94. The van der Waals surface area contributed by atoms with Crippen LogP contribution in [0.4, 0.5) is 0 Å². The number of hydrogen-bond acceptors (Lipinski definition) is 4. The third-order valence-corrected chi connectivity index (χ3v) is 3.04. The highest BCUT2D eigenvalue weighted by atomic mass is 79.9. The Morgan fingerprint density at radius 1 is 1.47 bits per heavy atom. The normalized spacial score (nSPS) is 10.5. The minimum Gasteiger partial charge on any atom is -0.497 e. The SMILES string of the molecule is COc1ccc(Br)c(-c2cnc(CCN)o2)c1. The van der Waals surface area contributed by atoms with Gasteiger partial charge >= 0.3 is 0 Å². The number of oxazole rings is 1. The van der Waals surface area contributed by atoms with Crippen LogP contribution in [-0.2, 0) is 6.42 Å². The van der Waals surface area contributed by atoms with Crippen LogP contribution in [0.15, 0.2) is 33.3 Å². The summed E-state index contributed by atoms with van der Waals surface area (Å²) in [7, 11) is 1.63. The summed E-state index contributed by atoms with van der Waals surface area (Å²) in [5.74, 6) is 2.14. The minimum absolute atomic E-state index is 0.527. The van der Waals surface area contributed by atoms with Crippen molar-refractivity contribution in [1.29, 1.82) is 0 Å². The summed E-state index contributed by atoms with van der Waals surface area (Å²) in [6.45, 7) is 0.527. The molecule has 0 saturated heterocycles. The standard InChI is InChI=1S/C12H13BrN2O2/c1-16-8-2-3-10(13)9(6-8)11-7-15-12(17-11)4-5-14/h2-3,6-7H,4-5,14H2,1H3. The van der Waals surface area contributed by atoms with Gasteiger partial charge in [-0.05, 0) is 18.2 Å². The van der Waals surface area contributed by atoms with Crippen molar-refractivity contribution in [2.45, 2.75) is 6.42 Å². The highest BCUT2D eigenvalue weighted by Crippen LogP contribution is 2.32. The fraction of sp³-hybridized carbons (Fsp3) is 0.250. The van der Waals surface area contributed by atoms with Crippen molar-refractivity contribution in [3.05, 3.63) is 34.8 Å². The van der Waals surface area contributed by atoms with E-state index in [2.05, 4.69) is 20.9 Å². The van der Waals surface area contributed by atoms with Crippen LogP contribution in [0.25, 0.3) is 11.3 Å². The van der Waals surface area contributed by atoms with E-state index >= 15 is 0 Å². The van der Waals surface area contributed by atoms with Gasteiger partial charge in [0.05, 0.1) is 13.3 Å². The maximum Gasteiger partial charge on any atom is 0.196 e. The highest BCUT2D eigenvalue weighted by molar-refractivity contribution is 9.10. The average Bonchev–Trinajstić information content (AvgIpc) is 2.79. The number of benzene rings is 1. The Bertz CT molecular complexity index is 511. The van der Waals surface area contributed by atoms with Crippen LogP contribution in [0.5, 0.6) is 5.75 Å². The van der Waals surface area contributed by atoms with Gasteiger partial charge < -0.3 is 14.9 Å². The molecule has 1 aromatic carbocycles. The number of nitrogens with two attached hydrogens (primary N) is 1. The minimum atomic E-state index is 0.527. The molecule has 90 valence electrons. The first kappa shape index (κ1) is 12.1. The van der Waals surface area contributed by atoms with E-state index in [9.17, 15) is 0 Å². The van der Waals surface area contributed by atoms with Crippen molar-refractivity contribution in [2.75, 3.05) is 13.7 Å². The van der Waals surface area contributed by atoms with Crippen LogP contribution in [-0.4, -0.2) is 18.6 Å². The predicted octanol–water partition coefficient (Wildman–Crippen LogP) is 2.61. The molecule has 17 heavy (non-hydrogen) atoms. The lowest BCUT2D eigenvalue weighted by atomic mass is 10.2. The van der Waals surface area contributed by atoms with Gasteiger partial charge in [-0.3, -0.25) is 0 Å². The van der Waals surface area contributed by atoms with Gasteiger partial charge in [0.15, 0.2) is 11.7 Å². The molecule has 0 amide bonds. The Morgan fingerprint density at radius 2 is 2.29 bits per heavy atom. The van der Waals surface area contributed by atoms with Crippen LogP contribution >= 0.6 is 15.9 Å². The molecule has 0 bridgehead atoms. The molecule has 4 nitrogen and oxygen atoms in total. The van der Waals surface area contributed by atoms with E-state index in [1.165, 1.54) is 0 Å². The third-order valence-electron chi connectivity index (χ3n) is 2.35. The van der Waals surface area contributed by atoms with Crippen molar-refractivity contribution in [1.82, 2.24) is 4.98 Å². The Hall–Kier alpha value is -1.33. The molecule has 0 aliphatic heterocycles. The number of aromatic nitrogens is 1. The Morgan fingerprint density at radius 3 is 3.00 bits per heavy atom. The number of nitrogens with zero attached hydrogens (tertiary/aromatic N) is 1. The van der Waals surface area contributed by atoms with Crippen molar-refractivity contribution in [2.24, 2.45) is 5.73 Å². The van der Waals surface area contributed by atoms with Gasteiger partial charge in [0.1, 0.15) is 5.75 Å². The van der Waals surface area contributed by atoms with E-state index < -0.39 is 0 Å². The number of halogens is 1. The first-order valence-electron chi connectivity index (χ1n) is 5.23. The van der Waals surface area contributed by atoms with Gasteiger partial charge in [0.2, 0.25) is 0 Å². The number of rotatable bonds is 4. The van der Waals surface area contributed by atoms with Crippen LogP contribution in [0.3, 0.4) is 0 Å². The number of methoxy groups -OCH3 is 1. The molecule has 0 saturated carbocycles. The van der Waals surface area contributed by atoms with Crippen molar-refractivity contribution in [3.8, 4) is 17.1 Å². The second kappa shape index (κ2) is 5.33. The Balaban J connectivity index is 2.37. The molecular formula is C12H13BrN2O2. The topological polar surface area (TPSA) is 61.3 Å². The second-order valence-corrected chi connectivity index (χ2v) is 4.36. The Labute approximate surface area is 108 Å². The summed E-state index contributed by atoms with van der Waals surface area (Å²) in [6, 6.07) is 5.70. The zero-order valence-electron chi connectivity index (χ0n) is 9.44. The van der Waals surface area contributed by atoms with Crippen molar-refractivity contribution >= 4 is 15.9 Å². The zero-order chi connectivity index (χ0) is 12.3. The first-order chi connectivity index (χ1) is 8.24. The quantitative estimate of drug-likeness (QED) is 0.942. The van der Waals surface area contributed by atoms with Gasteiger partial charge in [-0.25, -0.2) is 4.98 Å². The molecule has 2 rings (SSSR count). The lowest BCUT2D eigenvalue weighted by Crippen LogP contribution is -2.02. The van der Waals surface area contributed by atoms with E-state index in [0.717, 1.165) is 15.8 Å². The summed E-state index contributed by atoms with van der Waals surface area (Å²) < 4.78 is 11.7. The van der Waals surface area contributed by atoms with Gasteiger partial charge in [-0.1, -0.05) is 15.9 Å². The molecule has 0 spiro atoms. The summed E-state index contributed by atoms with van der Waals surface area (Å²) in [5.41, 5.74) is 6.37. The number of hydrogen-bond donors (Lipinski definition) is 1. The van der Waals surface area contributed by atoms with E-state index in [1.807, 2.05) is 18.2 Å². The molecule has 0 atom stereocenters. The maximum atomic E-state index is 5.61. The average molecular weight is 297 g/mol. The second-order valence-electron chi connectivity index (χ2n) is 3.50. The van der Waals surface area contributed by atoms with Gasteiger partial charge in [-0.15, -0.1) is 0 Å².